The molecule has 238 valence electrons. The summed E-state index contributed by atoms with van der Waals surface area (Å²) in [6.07, 6.45) is 0.200. The van der Waals surface area contributed by atoms with Crippen molar-refractivity contribution in [3.8, 4) is 16.9 Å². The number of phenolic OH excluding ortho intramolecular Hbond substituents is 1. The lowest BCUT2D eigenvalue weighted by molar-refractivity contribution is -0.148. The van der Waals surface area contributed by atoms with Gasteiger partial charge in [0.1, 0.15) is 28.7 Å². The molecule has 3 aromatic rings. The molecule has 0 radical (unpaired) electrons. The number of carbonyl (C=O) groups excluding carboxylic acids is 3. The van der Waals surface area contributed by atoms with Crippen LogP contribution in [0.5, 0.6) is 5.75 Å². The lowest BCUT2D eigenvalue weighted by Gasteiger charge is -2.50. The van der Waals surface area contributed by atoms with Gasteiger partial charge in [-0.2, -0.15) is 0 Å². The fourth-order valence-corrected chi connectivity index (χ4v) is 7.32. The third-order valence-electron chi connectivity index (χ3n) is 9.42. The van der Waals surface area contributed by atoms with Gasteiger partial charge in [-0.15, -0.1) is 0 Å². The maximum atomic E-state index is 14.0. The molecule has 0 spiro atoms. The molecule has 0 saturated heterocycles. The van der Waals surface area contributed by atoms with Gasteiger partial charge in [-0.05, 0) is 78.9 Å². The number of fused-ring (bicyclic) bond motifs is 3. The van der Waals surface area contributed by atoms with Crippen LogP contribution in [0.1, 0.15) is 33.5 Å². The number of benzene rings is 3. The Bertz CT molecular complexity index is 1850. The minimum atomic E-state index is -2.68. The van der Waals surface area contributed by atoms with Crippen molar-refractivity contribution in [1.29, 1.82) is 0 Å². The van der Waals surface area contributed by atoms with E-state index in [0.29, 0.717) is 24.2 Å². The fourth-order valence-electron chi connectivity index (χ4n) is 7.32. The molecule has 46 heavy (non-hydrogen) atoms. The number of nitrogens with one attached hydrogen (secondary N) is 1. The molecule has 3 aromatic carbocycles. The van der Waals surface area contributed by atoms with E-state index in [9.17, 15) is 39.2 Å². The predicted molar refractivity (Wildman–Crippen MR) is 166 cm³/mol. The first-order chi connectivity index (χ1) is 21.8. The molecular weight excluding hydrogens is 593 g/mol. The van der Waals surface area contributed by atoms with E-state index in [1.807, 2.05) is 30.3 Å². The Balaban J connectivity index is 1.34. The molecule has 3 aliphatic rings. The van der Waals surface area contributed by atoms with E-state index < -0.39 is 58.0 Å². The zero-order valence-corrected chi connectivity index (χ0v) is 25.3. The number of likely N-dealkylation sites (N-methyl/N-ethyl adjacent to an activating group) is 1. The first kappa shape index (κ1) is 31.2. The summed E-state index contributed by atoms with van der Waals surface area (Å²) >= 11 is 0. The summed E-state index contributed by atoms with van der Waals surface area (Å²) in [5.74, 6) is -7.15. The SMILES string of the molecule is CN(C)[C@@H]1C(O)=C(C(N)=O)C(=O)[C@@]2(O)C(O)=C3C(=O)c4c(O)ccc(-c5ccc(CNCc6cccc(F)c6)cc5)c4C[C@H]3C[C@@H]12. The van der Waals surface area contributed by atoms with Crippen LogP contribution in [0.3, 0.4) is 0 Å². The number of rotatable bonds is 7. The van der Waals surface area contributed by atoms with E-state index in [1.54, 1.807) is 26.2 Å². The summed E-state index contributed by atoms with van der Waals surface area (Å²) in [5, 5.41) is 48.3. The molecule has 6 rings (SSSR count). The van der Waals surface area contributed by atoms with Gasteiger partial charge in [0.05, 0.1) is 11.6 Å². The second-order valence-corrected chi connectivity index (χ2v) is 12.4. The summed E-state index contributed by atoms with van der Waals surface area (Å²) < 4.78 is 13.5. The summed E-state index contributed by atoms with van der Waals surface area (Å²) in [6.45, 7) is 1.03. The van der Waals surface area contributed by atoms with Gasteiger partial charge in [0.15, 0.2) is 11.4 Å². The highest BCUT2D eigenvalue weighted by atomic mass is 19.1. The molecule has 11 heteroatoms. The van der Waals surface area contributed by atoms with E-state index in [0.717, 1.165) is 16.7 Å². The number of ketones is 2. The lowest BCUT2D eigenvalue weighted by atomic mass is 9.58. The van der Waals surface area contributed by atoms with Crippen molar-refractivity contribution >= 4 is 17.5 Å². The number of hydrogen-bond donors (Lipinski definition) is 6. The summed E-state index contributed by atoms with van der Waals surface area (Å²) in [4.78, 5) is 41.2. The number of amides is 1. The van der Waals surface area contributed by atoms with Crippen LogP contribution >= 0.6 is 0 Å². The van der Waals surface area contributed by atoms with Crippen molar-refractivity contribution in [3.05, 3.63) is 111 Å². The number of allylic oxidation sites excluding steroid dienone is 1. The fraction of sp³-hybridized carbons (Fsp3) is 0.286. The Kier molecular flexibility index (Phi) is 7.79. The predicted octanol–water partition coefficient (Wildman–Crippen LogP) is 3.22. The molecule has 4 atom stereocenters. The van der Waals surface area contributed by atoms with Gasteiger partial charge in [0, 0.05) is 24.6 Å². The minimum absolute atomic E-state index is 0.0107. The van der Waals surface area contributed by atoms with Crippen molar-refractivity contribution < 1.29 is 39.2 Å². The van der Waals surface area contributed by atoms with Crippen molar-refractivity contribution in [2.24, 2.45) is 17.6 Å². The number of carbonyl (C=O) groups is 3. The second kappa shape index (κ2) is 11.5. The molecule has 0 aliphatic heterocycles. The van der Waals surface area contributed by atoms with Crippen LogP contribution in [0.4, 0.5) is 4.39 Å². The number of halogens is 1. The molecular formula is C35H34FN3O7. The monoisotopic (exact) mass is 627 g/mol. The van der Waals surface area contributed by atoms with Gasteiger partial charge in [-0.1, -0.05) is 42.5 Å². The van der Waals surface area contributed by atoms with E-state index in [-0.39, 0.29) is 35.5 Å². The number of aromatic hydroxyl groups is 1. The van der Waals surface area contributed by atoms with E-state index in [4.69, 9.17) is 5.73 Å². The molecule has 0 unspecified atom stereocenters. The first-order valence-corrected chi connectivity index (χ1v) is 14.9. The molecule has 0 heterocycles. The number of aliphatic hydroxyl groups excluding tert-OH is 2. The Morgan fingerprint density at radius 1 is 1.02 bits per heavy atom. The van der Waals surface area contributed by atoms with Crippen LogP contribution in [-0.2, 0) is 29.1 Å². The average Bonchev–Trinajstić information content (AvgIpc) is 2.99. The van der Waals surface area contributed by atoms with Gasteiger partial charge < -0.3 is 31.5 Å². The maximum Gasteiger partial charge on any atom is 0.255 e. The molecule has 3 aliphatic carbocycles. The first-order valence-electron chi connectivity index (χ1n) is 14.9. The second-order valence-electron chi connectivity index (χ2n) is 12.4. The Labute approximate surface area is 264 Å². The molecule has 0 aromatic heterocycles. The van der Waals surface area contributed by atoms with E-state index >= 15 is 0 Å². The smallest absolute Gasteiger partial charge is 0.255 e. The number of nitrogens with two attached hydrogens (primary N) is 1. The van der Waals surface area contributed by atoms with Crippen LogP contribution in [0.2, 0.25) is 0 Å². The zero-order chi connectivity index (χ0) is 33.1. The van der Waals surface area contributed by atoms with Gasteiger partial charge in [-0.3, -0.25) is 19.3 Å². The number of nitrogens with zero attached hydrogens (tertiary/aromatic N) is 1. The average molecular weight is 628 g/mol. The Hall–Kier alpha value is -4.84. The van der Waals surface area contributed by atoms with E-state index in [2.05, 4.69) is 5.32 Å². The van der Waals surface area contributed by atoms with Gasteiger partial charge in [0.2, 0.25) is 5.78 Å². The molecule has 1 amide bonds. The third-order valence-corrected chi connectivity index (χ3v) is 9.42. The van der Waals surface area contributed by atoms with Gasteiger partial charge in [0.25, 0.3) is 5.91 Å². The zero-order valence-electron chi connectivity index (χ0n) is 25.3. The number of phenols is 1. The number of hydrogen-bond acceptors (Lipinski definition) is 9. The topological polar surface area (TPSA) is 173 Å². The van der Waals surface area contributed by atoms with Crippen LogP contribution in [0.25, 0.3) is 11.1 Å². The number of aliphatic hydroxyl groups is 3. The summed E-state index contributed by atoms with van der Waals surface area (Å²) in [5.41, 5.74) is 5.46. The van der Waals surface area contributed by atoms with E-state index in [1.165, 1.54) is 23.1 Å². The highest BCUT2D eigenvalue weighted by molar-refractivity contribution is 6.24. The van der Waals surface area contributed by atoms with Crippen LogP contribution in [0.15, 0.2) is 83.3 Å². The number of primary amides is 1. The lowest BCUT2D eigenvalue weighted by Crippen LogP contribution is -2.63. The van der Waals surface area contributed by atoms with Crippen LogP contribution in [0, 0.1) is 17.7 Å². The molecule has 0 bridgehead atoms. The van der Waals surface area contributed by atoms with Crippen molar-refractivity contribution in [3.63, 3.8) is 0 Å². The standard InChI is InChI=1S/C35H34FN3O7/c1-39(2)29-24-14-20-13-23-22(19-8-6-17(7-9-19)15-38-16-18-4-3-5-21(36)12-18)10-11-25(40)27(23)30(41)26(20)32(43)35(24,46)33(44)28(31(29)42)34(37)45/h3-12,20,24,29,38,40,42-43,46H,13-16H2,1-2H3,(H2,37,45)/t20-,24-,29-,35-/m0/s1. The maximum absolute atomic E-state index is 14.0. The highest BCUT2D eigenvalue weighted by Crippen LogP contribution is 2.53. The number of Topliss-reactive ketones (excluding diaryl/α,β-unsaturated/α-hetero) is 2. The summed E-state index contributed by atoms with van der Waals surface area (Å²) in [7, 11) is 3.17. The van der Waals surface area contributed by atoms with Crippen molar-refractivity contribution in [1.82, 2.24) is 10.2 Å². The van der Waals surface area contributed by atoms with Gasteiger partial charge >= 0.3 is 0 Å². The molecule has 10 nitrogen and oxygen atoms in total. The highest BCUT2D eigenvalue weighted by Gasteiger charge is 2.63. The Morgan fingerprint density at radius 3 is 2.37 bits per heavy atom. The molecule has 7 N–H and O–H groups in total. The van der Waals surface area contributed by atoms with Gasteiger partial charge in [-0.25, -0.2) is 4.39 Å². The Morgan fingerprint density at radius 2 is 1.72 bits per heavy atom. The minimum Gasteiger partial charge on any atom is -0.510 e. The summed E-state index contributed by atoms with van der Waals surface area (Å²) in [6, 6.07) is 16.1. The third kappa shape index (κ3) is 4.87. The normalized spacial score (nSPS) is 24.2. The largest absolute Gasteiger partial charge is 0.510 e. The molecule has 0 saturated carbocycles. The molecule has 0 fully saturated rings. The van der Waals surface area contributed by atoms with Crippen molar-refractivity contribution in [2.75, 3.05) is 14.1 Å². The quantitative estimate of drug-likeness (QED) is 0.215. The van der Waals surface area contributed by atoms with Crippen LogP contribution in [-0.4, -0.2) is 68.5 Å². The van der Waals surface area contributed by atoms with Crippen molar-refractivity contribution in [2.45, 2.75) is 37.6 Å². The van der Waals surface area contributed by atoms with Crippen LogP contribution < -0.4 is 11.1 Å².